The van der Waals surface area contributed by atoms with Gasteiger partial charge in [-0.3, -0.25) is 4.99 Å². The largest absolute Gasteiger partial charge is 0.357 e. The van der Waals surface area contributed by atoms with Crippen molar-refractivity contribution in [3.8, 4) is 0 Å². The summed E-state index contributed by atoms with van der Waals surface area (Å²) >= 11 is 0. The molecule has 2 N–H and O–H groups in total. The molecule has 0 unspecified atom stereocenters. The molecule has 28 heavy (non-hydrogen) atoms. The van der Waals surface area contributed by atoms with Crippen molar-refractivity contribution in [2.45, 2.75) is 64.2 Å². The van der Waals surface area contributed by atoms with Gasteiger partial charge in [-0.05, 0) is 25.3 Å². The zero-order valence-corrected chi connectivity index (χ0v) is 17.4. The van der Waals surface area contributed by atoms with Crippen molar-refractivity contribution in [2.24, 2.45) is 4.99 Å². The minimum absolute atomic E-state index is 0.169. The summed E-state index contributed by atoms with van der Waals surface area (Å²) in [6, 6.07) is 10.9. The van der Waals surface area contributed by atoms with Gasteiger partial charge in [0.2, 0.25) is 5.89 Å². The van der Waals surface area contributed by atoms with Crippen LogP contribution in [0, 0.1) is 0 Å². The first-order chi connectivity index (χ1) is 13.6. The zero-order chi connectivity index (χ0) is 19.8. The first kappa shape index (κ1) is 20.4. The van der Waals surface area contributed by atoms with Crippen molar-refractivity contribution >= 4 is 5.96 Å². The lowest BCUT2D eigenvalue weighted by atomic mass is 9.79. The van der Waals surface area contributed by atoms with Gasteiger partial charge in [0, 0.05) is 30.8 Å². The molecule has 1 aliphatic rings. The maximum Gasteiger partial charge on any atom is 0.228 e. The maximum atomic E-state index is 5.32. The highest BCUT2D eigenvalue weighted by molar-refractivity contribution is 5.79. The van der Waals surface area contributed by atoms with Crippen molar-refractivity contribution < 1.29 is 4.52 Å². The van der Waals surface area contributed by atoms with E-state index < -0.39 is 0 Å². The summed E-state index contributed by atoms with van der Waals surface area (Å²) in [6.07, 6.45) is 5.67. The highest BCUT2D eigenvalue weighted by Gasteiger charge is 2.35. The van der Waals surface area contributed by atoms with E-state index in [9.17, 15) is 0 Å². The lowest BCUT2D eigenvalue weighted by Gasteiger charge is -2.28. The van der Waals surface area contributed by atoms with Gasteiger partial charge in [-0.15, -0.1) is 0 Å². The average molecular weight is 384 g/mol. The summed E-state index contributed by atoms with van der Waals surface area (Å²) < 4.78 is 5.32. The zero-order valence-electron chi connectivity index (χ0n) is 17.4. The van der Waals surface area contributed by atoms with Crippen LogP contribution in [0.15, 0.2) is 39.8 Å². The molecule has 1 fully saturated rings. The van der Waals surface area contributed by atoms with Gasteiger partial charge in [-0.1, -0.05) is 62.2 Å². The number of nitrogens with one attached hydrogen (secondary N) is 2. The Balaban J connectivity index is 1.61. The molecule has 0 amide bonds. The van der Waals surface area contributed by atoms with E-state index in [4.69, 9.17) is 9.52 Å². The number of guanidine groups is 1. The van der Waals surface area contributed by atoms with Crippen molar-refractivity contribution in [3.63, 3.8) is 0 Å². The molecule has 1 saturated carbocycles. The van der Waals surface area contributed by atoms with Crippen LogP contribution in [0.25, 0.3) is 0 Å². The van der Waals surface area contributed by atoms with Gasteiger partial charge in [0.1, 0.15) is 0 Å². The van der Waals surface area contributed by atoms with E-state index in [0.29, 0.717) is 18.9 Å². The second kappa shape index (κ2) is 9.71. The Kier molecular flexibility index (Phi) is 7.06. The molecule has 2 aromatic rings. The number of aliphatic imine (C=N–C) groups is 1. The van der Waals surface area contributed by atoms with E-state index in [2.05, 4.69) is 71.9 Å². The van der Waals surface area contributed by atoms with Crippen molar-refractivity contribution in [1.29, 1.82) is 0 Å². The van der Waals surface area contributed by atoms with Crippen LogP contribution in [0.5, 0.6) is 0 Å². The Morgan fingerprint density at radius 3 is 2.57 bits per heavy atom. The summed E-state index contributed by atoms with van der Waals surface area (Å²) in [5, 5.41) is 10.8. The summed E-state index contributed by atoms with van der Waals surface area (Å²) in [7, 11) is 0. The first-order valence-corrected chi connectivity index (χ1v) is 10.5. The third kappa shape index (κ3) is 5.12. The van der Waals surface area contributed by atoms with Crippen LogP contribution >= 0.6 is 0 Å². The SMILES string of the molecule is CCNC(=NCC1(c2ccccc2)CCCC1)NCCc1nc(C(C)C)no1. The Morgan fingerprint density at radius 1 is 1.18 bits per heavy atom. The molecule has 0 spiro atoms. The van der Waals surface area contributed by atoms with Crippen LogP contribution in [-0.4, -0.2) is 35.7 Å². The van der Waals surface area contributed by atoms with Gasteiger partial charge in [0.15, 0.2) is 11.8 Å². The van der Waals surface area contributed by atoms with Gasteiger partial charge in [-0.2, -0.15) is 4.98 Å². The molecule has 0 radical (unpaired) electrons. The van der Waals surface area contributed by atoms with Crippen LogP contribution in [0.2, 0.25) is 0 Å². The Bertz CT molecular complexity index is 747. The van der Waals surface area contributed by atoms with Crippen LogP contribution in [0.1, 0.15) is 69.7 Å². The lowest BCUT2D eigenvalue weighted by Crippen LogP contribution is -2.39. The molecule has 6 heteroatoms. The number of hydrogen-bond donors (Lipinski definition) is 2. The van der Waals surface area contributed by atoms with Gasteiger partial charge in [-0.25, -0.2) is 0 Å². The van der Waals surface area contributed by atoms with E-state index in [1.165, 1.54) is 31.2 Å². The van der Waals surface area contributed by atoms with Crippen LogP contribution < -0.4 is 10.6 Å². The van der Waals surface area contributed by atoms with E-state index in [1.54, 1.807) is 0 Å². The van der Waals surface area contributed by atoms with Crippen LogP contribution in [-0.2, 0) is 11.8 Å². The summed E-state index contributed by atoms with van der Waals surface area (Å²) in [5.74, 6) is 2.57. The smallest absolute Gasteiger partial charge is 0.228 e. The number of rotatable bonds is 8. The fourth-order valence-electron chi connectivity index (χ4n) is 3.85. The number of aromatic nitrogens is 2. The molecule has 1 aromatic heterocycles. The molecular formula is C22H33N5O. The molecule has 0 aliphatic heterocycles. The normalized spacial score (nSPS) is 16.5. The predicted octanol–water partition coefficient (Wildman–Crippen LogP) is 3.80. The fraction of sp³-hybridized carbons (Fsp3) is 0.591. The van der Waals surface area contributed by atoms with Gasteiger partial charge >= 0.3 is 0 Å². The molecule has 3 rings (SSSR count). The molecule has 1 aliphatic carbocycles. The summed E-state index contributed by atoms with van der Waals surface area (Å²) in [5.41, 5.74) is 1.58. The molecule has 0 bridgehead atoms. The molecular weight excluding hydrogens is 350 g/mol. The van der Waals surface area contributed by atoms with Crippen LogP contribution in [0.4, 0.5) is 0 Å². The minimum Gasteiger partial charge on any atom is -0.357 e. The molecule has 1 aromatic carbocycles. The Labute approximate surface area is 168 Å². The summed E-state index contributed by atoms with van der Waals surface area (Å²) in [4.78, 5) is 9.37. The molecule has 152 valence electrons. The number of nitrogens with zero attached hydrogens (tertiary/aromatic N) is 3. The highest BCUT2D eigenvalue weighted by Crippen LogP contribution is 2.41. The monoisotopic (exact) mass is 383 g/mol. The predicted molar refractivity (Wildman–Crippen MR) is 113 cm³/mol. The van der Waals surface area contributed by atoms with Crippen molar-refractivity contribution in [2.75, 3.05) is 19.6 Å². The fourth-order valence-corrected chi connectivity index (χ4v) is 3.85. The molecule has 6 nitrogen and oxygen atoms in total. The quantitative estimate of drug-likeness (QED) is 0.536. The second-order valence-electron chi connectivity index (χ2n) is 7.93. The Morgan fingerprint density at radius 2 is 1.93 bits per heavy atom. The first-order valence-electron chi connectivity index (χ1n) is 10.5. The van der Waals surface area contributed by atoms with E-state index in [0.717, 1.165) is 24.9 Å². The van der Waals surface area contributed by atoms with Crippen molar-refractivity contribution in [3.05, 3.63) is 47.6 Å². The van der Waals surface area contributed by atoms with Gasteiger partial charge in [0.05, 0.1) is 6.54 Å². The Hall–Kier alpha value is -2.37. The van der Waals surface area contributed by atoms with E-state index >= 15 is 0 Å². The number of hydrogen-bond acceptors (Lipinski definition) is 4. The number of benzene rings is 1. The molecule has 1 heterocycles. The average Bonchev–Trinajstić information content (AvgIpc) is 3.37. The topological polar surface area (TPSA) is 75.3 Å². The van der Waals surface area contributed by atoms with E-state index in [-0.39, 0.29) is 11.3 Å². The highest BCUT2D eigenvalue weighted by atomic mass is 16.5. The standard InChI is InChI=1S/C22H33N5O/c1-4-23-21(24-15-12-19-26-20(17(2)3)27-28-19)25-16-22(13-8-9-14-22)18-10-6-5-7-11-18/h5-7,10-11,17H,4,8-9,12-16H2,1-3H3,(H2,23,24,25). The van der Waals surface area contributed by atoms with Gasteiger partial charge < -0.3 is 15.2 Å². The van der Waals surface area contributed by atoms with Gasteiger partial charge in [0.25, 0.3) is 0 Å². The van der Waals surface area contributed by atoms with E-state index in [1.807, 2.05) is 0 Å². The third-order valence-corrected chi connectivity index (χ3v) is 5.46. The second-order valence-corrected chi connectivity index (χ2v) is 7.93. The molecule has 0 saturated heterocycles. The minimum atomic E-state index is 0.169. The maximum absolute atomic E-state index is 5.32. The van der Waals surface area contributed by atoms with Crippen LogP contribution in [0.3, 0.4) is 0 Å². The molecule has 0 atom stereocenters. The summed E-state index contributed by atoms with van der Waals surface area (Å²) in [6.45, 7) is 8.58. The third-order valence-electron chi connectivity index (χ3n) is 5.46. The van der Waals surface area contributed by atoms with Crippen molar-refractivity contribution in [1.82, 2.24) is 20.8 Å². The lowest BCUT2D eigenvalue weighted by molar-refractivity contribution is 0.371.